The number of halogens is 2. The van der Waals surface area contributed by atoms with E-state index in [0.29, 0.717) is 13.2 Å². The van der Waals surface area contributed by atoms with Crippen molar-refractivity contribution < 1.29 is 9.47 Å². The highest BCUT2D eigenvalue weighted by Gasteiger charge is 2.34. The van der Waals surface area contributed by atoms with Gasteiger partial charge in [-0.15, -0.1) is 0 Å². The van der Waals surface area contributed by atoms with Gasteiger partial charge in [0.25, 0.3) is 0 Å². The fourth-order valence-electron chi connectivity index (χ4n) is 2.75. The summed E-state index contributed by atoms with van der Waals surface area (Å²) in [5.41, 5.74) is 2.01. The van der Waals surface area contributed by atoms with Gasteiger partial charge in [0.05, 0.1) is 6.61 Å². The highest BCUT2D eigenvalue weighted by molar-refractivity contribution is 6.30. The summed E-state index contributed by atoms with van der Waals surface area (Å²) < 4.78 is 10.9. The summed E-state index contributed by atoms with van der Waals surface area (Å²) >= 11 is 12.1. The van der Waals surface area contributed by atoms with Gasteiger partial charge in [-0.25, -0.2) is 0 Å². The molecule has 4 heteroatoms. The summed E-state index contributed by atoms with van der Waals surface area (Å²) in [7, 11) is 3.43. The van der Waals surface area contributed by atoms with E-state index in [0.717, 1.165) is 27.6 Å². The van der Waals surface area contributed by atoms with E-state index in [1.165, 1.54) is 0 Å². The largest absolute Gasteiger partial charge is 0.385 e. The van der Waals surface area contributed by atoms with E-state index in [1.807, 2.05) is 48.5 Å². The lowest BCUT2D eigenvalue weighted by Crippen LogP contribution is -2.34. The molecular formula is C18H20Cl2O2. The maximum Gasteiger partial charge on any atom is 0.0600 e. The zero-order valence-corrected chi connectivity index (χ0v) is 14.3. The lowest BCUT2D eigenvalue weighted by atomic mass is 9.73. The van der Waals surface area contributed by atoms with E-state index in [9.17, 15) is 0 Å². The van der Waals surface area contributed by atoms with Gasteiger partial charge in [-0.05, 0) is 41.8 Å². The lowest BCUT2D eigenvalue weighted by Gasteiger charge is -2.34. The van der Waals surface area contributed by atoms with Gasteiger partial charge in [0, 0.05) is 36.3 Å². The van der Waals surface area contributed by atoms with Crippen molar-refractivity contribution in [2.24, 2.45) is 0 Å². The molecule has 2 aromatic carbocycles. The van der Waals surface area contributed by atoms with Crippen LogP contribution in [0.15, 0.2) is 48.5 Å². The van der Waals surface area contributed by atoms with Gasteiger partial charge in [0.2, 0.25) is 0 Å². The monoisotopic (exact) mass is 338 g/mol. The van der Waals surface area contributed by atoms with Crippen LogP contribution in [0, 0.1) is 0 Å². The molecule has 22 heavy (non-hydrogen) atoms. The smallest absolute Gasteiger partial charge is 0.0600 e. The van der Waals surface area contributed by atoms with Crippen LogP contribution in [0.5, 0.6) is 0 Å². The van der Waals surface area contributed by atoms with Crippen LogP contribution in [0.25, 0.3) is 0 Å². The second-order valence-corrected chi connectivity index (χ2v) is 6.14. The Kier molecular flexibility index (Phi) is 6.27. The quantitative estimate of drug-likeness (QED) is 0.710. The number of hydrogen-bond acceptors (Lipinski definition) is 2. The predicted octanol–water partition coefficient (Wildman–Crippen LogP) is 4.96. The molecule has 0 aliphatic rings. The summed E-state index contributed by atoms with van der Waals surface area (Å²) in [6.45, 7) is 1.19. The Bertz CT molecular complexity index is 534. The average molecular weight is 339 g/mol. The van der Waals surface area contributed by atoms with Crippen molar-refractivity contribution in [1.82, 2.24) is 0 Å². The molecule has 0 atom stereocenters. The molecule has 0 amide bonds. The third-order valence-electron chi connectivity index (χ3n) is 3.92. The van der Waals surface area contributed by atoms with E-state index in [2.05, 4.69) is 0 Å². The molecule has 0 N–H and O–H groups in total. The van der Waals surface area contributed by atoms with Crippen LogP contribution in [-0.2, 0) is 14.9 Å². The van der Waals surface area contributed by atoms with Crippen molar-refractivity contribution in [3.8, 4) is 0 Å². The third-order valence-corrected chi connectivity index (χ3v) is 4.42. The minimum absolute atomic E-state index is 0.292. The van der Waals surface area contributed by atoms with E-state index >= 15 is 0 Å². The molecule has 118 valence electrons. The topological polar surface area (TPSA) is 18.5 Å². The molecular weight excluding hydrogens is 319 g/mol. The first-order valence-electron chi connectivity index (χ1n) is 7.12. The van der Waals surface area contributed by atoms with E-state index in [1.54, 1.807) is 14.2 Å². The minimum Gasteiger partial charge on any atom is -0.385 e. The van der Waals surface area contributed by atoms with E-state index in [4.69, 9.17) is 32.7 Å². The van der Waals surface area contributed by atoms with Crippen molar-refractivity contribution in [3.63, 3.8) is 0 Å². The van der Waals surface area contributed by atoms with E-state index in [-0.39, 0.29) is 5.41 Å². The lowest BCUT2D eigenvalue weighted by molar-refractivity contribution is 0.113. The molecule has 0 bridgehead atoms. The van der Waals surface area contributed by atoms with Crippen LogP contribution < -0.4 is 0 Å². The van der Waals surface area contributed by atoms with Gasteiger partial charge >= 0.3 is 0 Å². The number of benzene rings is 2. The van der Waals surface area contributed by atoms with Gasteiger partial charge < -0.3 is 9.47 Å². The molecule has 0 unspecified atom stereocenters. The molecule has 0 aromatic heterocycles. The Balaban J connectivity index is 2.53. The maximum absolute atomic E-state index is 6.04. The molecule has 0 spiro atoms. The van der Waals surface area contributed by atoms with Crippen LogP contribution in [0.1, 0.15) is 17.5 Å². The molecule has 2 rings (SSSR count). The van der Waals surface area contributed by atoms with Crippen LogP contribution in [-0.4, -0.2) is 27.4 Å². The molecule has 0 fully saturated rings. The Morgan fingerprint density at radius 3 is 1.59 bits per heavy atom. The first kappa shape index (κ1) is 17.3. The van der Waals surface area contributed by atoms with Gasteiger partial charge in [0.15, 0.2) is 0 Å². The Hall–Kier alpha value is -1.06. The van der Waals surface area contributed by atoms with Crippen molar-refractivity contribution in [2.75, 3.05) is 27.4 Å². The fraction of sp³-hybridized carbons (Fsp3) is 0.333. The summed E-state index contributed by atoms with van der Waals surface area (Å²) in [5.74, 6) is 0. The highest BCUT2D eigenvalue weighted by atomic mass is 35.5. The number of hydrogen-bond donors (Lipinski definition) is 0. The molecule has 0 aliphatic carbocycles. The molecule has 0 aliphatic heterocycles. The predicted molar refractivity (Wildman–Crippen MR) is 92.1 cm³/mol. The highest BCUT2D eigenvalue weighted by Crippen LogP contribution is 2.37. The SMILES string of the molecule is COCCC(COC)(c1ccc(Cl)cc1)c1ccc(Cl)cc1. The summed E-state index contributed by atoms with van der Waals surface area (Å²) in [4.78, 5) is 0. The maximum atomic E-state index is 6.04. The van der Waals surface area contributed by atoms with Gasteiger partial charge in [-0.2, -0.15) is 0 Å². The summed E-state index contributed by atoms with van der Waals surface area (Å²) in [5, 5.41) is 1.44. The Morgan fingerprint density at radius 1 is 0.773 bits per heavy atom. The molecule has 0 heterocycles. The first-order valence-corrected chi connectivity index (χ1v) is 7.88. The zero-order chi connectivity index (χ0) is 16.0. The summed E-state index contributed by atoms with van der Waals surface area (Å²) in [6.07, 6.45) is 0.806. The molecule has 2 aromatic rings. The Morgan fingerprint density at radius 2 is 1.23 bits per heavy atom. The fourth-order valence-corrected chi connectivity index (χ4v) is 3.01. The molecule has 2 nitrogen and oxygen atoms in total. The van der Waals surface area contributed by atoms with Crippen molar-refractivity contribution in [3.05, 3.63) is 69.7 Å². The number of ether oxygens (including phenoxy) is 2. The van der Waals surface area contributed by atoms with Crippen molar-refractivity contribution in [2.45, 2.75) is 11.8 Å². The van der Waals surface area contributed by atoms with Crippen molar-refractivity contribution in [1.29, 1.82) is 0 Å². The average Bonchev–Trinajstić information content (AvgIpc) is 2.53. The standard InChI is InChI=1S/C18H20Cl2O2/c1-21-12-11-18(13-22-2,14-3-7-16(19)8-4-14)15-5-9-17(20)10-6-15/h3-10H,11-13H2,1-2H3. The van der Waals surface area contributed by atoms with Crippen LogP contribution >= 0.6 is 23.2 Å². The Labute approximate surface area is 142 Å². The van der Waals surface area contributed by atoms with Gasteiger partial charge in [0.1, 0.15) is 0 Å². The number of rotatable bonds is 7. The van der Waals surface area contributed by atoms with Crippen LogP contribution in [0.3, 0.4) is 0 Å². The van der Waals surface area contributed by atoms with Gasteiger partial charge in [-0.3, -0.25) is 0 Å². The van der Waals surface area contributed by atoms with E-state index < -0.39 is 0 Å². The molecule has 0 radical (unpaired) electrons. The van der Waals surface area contributed by atoms with Crippen molar-refractivity contribution >= 4 is 23.2 Å². The van der Waals surface area contributed by atoms with Crippen LogP contribution in [0.2, 0.25) is 10.0 Å². The first-order chi connectivity index (χ1) is 10.6. The minimum atomic E-state index is -0.292. The van der Waals surface area contributed by atoms with Gasteiger partial charge in [-0.1, -0.05) is 47.5 Å². The molecule has 0 saturated carbocycles. The summed E-state index contributed by atoms with van der Waals surface area (Å²) in [6, 6.07) is 15.8. The zero-order valence-electron chi connectivity index (χ0n) is 12.8. The normalized spacial score (nSPS) is 11.6. The third kappa shape index (κ3) is 3.82. The van der Waals surface area contributed by atoms with Crippen LogP contribution in [0.4, 0.5) is 0 Å². The second kappa shape index (κ2) is 7.98. The number of methoxy groups -OCH3 is 2. The second-order valence-electron chi connectivity index (χ2n) is 5.27. The molecule has 0 saturated heterocycles.